The molecule has 0 bridgehead atoms. The molecule has 3 rings (SSSR count). The van der Waals surface area contributed by atoms with Crippen LogP contribution in [0.3, 0.4) is 0 Å². The van der Waals surface area contributed by atoms with E-state index in [4.69, 9.17) is 0 Å². The number of rotatable bonds is 2. The molecule has 2 unspecified atom stereocenters. The molecule has 4 nitrogen and oxygen atoms in total. The zero-order valence-electron chi connectivity index (χ0n) is 12.1. The van der Waals surface area contributed by atoms with Crippen molar-refractivity contribution < 1.29 is 9.59 Å². The largest absolute Gasteiger partial charge is 0.329 e. The van der Waals surface area contributed by atoms with E-state index in [-0.39, 0.29) is 23.9 Å². The monoisotopic (exact) mass is 350 g/mol. The van der Waals surface area contributed by atoms with Gasteiger partial charge in [0.2, 0.25) is 11.8 Å². The van der Waals surface area contributed by atoms with Crippen molar-refractivity contribution in [2.75, 3.05) is 6.54 Å². The van der Waals surface area contributed by atoms with E-state index in [0.717, 1.165) is 35.8 Å². The molecule has 0 radical (unpaired) electrons. The maximum atomic E-state index is 12.7. The van der Waals surface area contributed by atoms with Gasteiger partial charge in [-0.25, -0.2) is 0 Å². The quantitative estimate of drug-likeness (QED) is 0.822. The normalized spacial score (nSPS) is 26.0. The van der Waals surface area contributed by atoms with Crippen molar-refractivity contribution in [2.45, 2.75) is 44.8 Å². The van der Waals surface area contributed by atoms with Gasteiger partial charge < -0.3 is 9.80 Å². The molecule has 0 saturated carbocycles. The summed E-state index contributed by atoms with van der Waals surface area (Å²) in [6, 6.07) is 7.30. The summed E-state index contributed by atoms with van der Waals surface area (Å²) >= 11 is 3.41. The Kier molecular flexibility index (Phi) is 4.02. The average Bonchev–Trinajstić information content (AvgIpc) is 2.51. The van der Waals surface area contributed by atoms with Gasteiger partial charge in [0.05, 0.1) is 0 Å². The Morgan fingerprint density at radius 2 is 1.86 bits per heavy atom. The molecular weight excluding hydrogens is 332 g/mol. The molecule has 0 aliphatic carbocycles. The van der Waals surface area contributed by atoms with Crippen molar-refractivity contribution in [1.82, 2.24) is 9.80 Å². The summed E-state index contributed by atoms with van der Waals surface area (Å²) in [5.41, 5.74) is 1.05. The van der Waals surface area contributed by atoms with E-state index in [9.17, 15) is 9.59 Å². The second-order valence-corrected chi connectivity index (χ2v) is 6.73. The molecule has 2 saturated heterocycles. The first-order valence-electron chi connectivity index (χ1n) is 7.43. The molecule has 21 heavy (non-hydrogen) atoms. The number of benzene rings is 1. The summed E-state index contributed by atoms with van der Waals surface area (Å²) < 4.78 is 1.01. The lowest BCUT2D eigenvalue weighted by molar-refractivity contribution is -0.163. The van der Waals surface area contributed by atoms with Crippen LogP contribution in [0.1, 0.15) is 31.7 Å². The highest BCUT2D eigenvalue weighted by Crippen LogP contribution is 2.27. The Bertz CT molecular complexity index is 558. The van der Waals surface area contributed by atoms with Gasteiger partial charge in [-0.2, -0.15) is 0 Å². The minimum Gasteiger partial charge on any atom is -0.329 e. The van der Waals surface area contributed by atoms with Crippen LogP contribution in [-0.2, 0) is 16.1 Å². The molecule has 2 aliphatic heterocycles. The van der Waals surface area contributed by atoms with Crippen LogP contribution < -0.4 is 0 Å². The van der Waals surface area contributed by atoms with Crippen LogP contribution >= 0.6 is 15.9 Å². The summed E-state index contributed by atoms with van der Waals surface area (Å²) in [6.45, 7) is 3.07. The third kappa shape index (κ3) is 2.71. The molecule has 0 spiro atoms. The number of piperazine rings is 1. The Hall–Kier alpha value is -1.36. The zero-order chi connectivity index (χ0) is 15.0. The number of nitrogens with zero attached hydrogens (tertiary/aromatic N) is 2. The van der Waals surface area contributed by atoms with Crippen LogP contribution in [0, 0.1) is 0 Å². The fourth-order valence-electron chi connectivity index (χ4n) is 3.21. The highest BCUT2D eigenvalue weighted by molar-refractivity contribution is 9.10. The van der Waals surface area contributed by atoms with Gasteiger partial charge in [-0.1, -0.05) is 28.1 Å². The van der Waals surface area contributed by atoms with E-state index < -0.39 is 0 Å². The predicted octanol–water partition coefficient (Wildman–Crippen LogP) is 2.56. The van der Waals surface area contributed by atoms with E-state index >= 15 is 0 Å². The fourth-order valence-corrected chi connectivity index (χ4v) is 3.47. The maximum Gasteiger partial charge on any atom is 0.246 e. The number of fused-ring (bicyclic) bond motifs is 1. The zero-order valence-corrected chi connectivity index (χ0v) is 13.7. The molecule has 1 aromatic carbocycles. The molecule has 2 aliphatic rings. The molecule has 0 aromatic heterocycles. The second-order valence-electron chi connectivity index (χ2n) is 5.81. The molecule has 5 heteroatoms. The van der Waals surface area contributed by atoms with Crippen LogP contribution in [0.15, 0.2) is 28.7 Å². The number of carbonyl (C=O) groups excluding carboxylic acids is 2. The van der Waals surface area contributed by atoms with E-state index in [2.05, 4.69) is 15.9 Å². The van der Waals surface area contributed by atoms with E-state index in [1.807, 2.05) is 31.2 Å². The van der Waals surface area contributed by atoms with E-state index in [0.29, 0.717) is 6.54 Å². The Balaban J connectivity index is 1.82. The first-order valence-corrected chi connectivity index (χ1v) is 8.22. The second kappa shape index (κ2) is 5.79. The lowest BCUT2D eigenvalue weighted by Crippen LogP contribution is -2.64. The minimum absolute atomic E-state index is 0.0939. The van der Waals surface area contributed by atoms with Crippen LogP contribution in [-0.4, -0.2) is 40.2 Å². The van der Waals surface area contributed by atoms with Crippen molar-refractivity contribution >= 4 is 27.7 Å². The van der Waals surface area contributed by atoms with Crippen LogP contribution in [0.25, 0.3) is 0 Å². The van der Waals surface area contributed by atoms with Crippen molar-refractivity contribution in [3.05, 3.63) is 34.3 Å². The standard InChI is InChI=1S/C16H19BrN2O2/c1-11-15(20)18-9-3-2-4-14(18)16(21)19(11)10-12-5-7-13(17)8-6-12/h5-8,11,14H,2-4,9-10H2,1H3. The summed E-state index contributed by atoms with van der Waals surface area (Å²) in [7, 11) is 0. The predicted molar refractivity (Wildman–Crippen MR) is 83.5 cm³/mol. The van der Waals surface area contributed by atoms with Gasteiger partial charge in [0.15, 0.2) is 0 Å². The third-order valence-electron chi connectivity index (χ3n) is 4.45. The molecule has 1 aromatic rings. The van der Waals surface area contributed by atoms with Gasteiger partial charge in [-0.15, -0.1) is 0 Å². The highest BCUT2D eigenvalue weighted by Gasteiger charge is 2.44. The lowest BCUT2D eigenvalue weighted by Gasteiger charge is -2.46. The number of hydrogen-bond acceptors (Lipinski definition) is 2. The highest BCUT2D eigenvalue weighted by atomic mass is 79.9. The molecule has 2 heterocycles. The van der Waals surface area contributed by atoms with Crippen LogP contribution in [0.5, 0.6) is 0 Å². The summed E-state index contributed by atoms with van der Waals surface area (Å²) in [4.78, 5) is 28.7. The van der Waals surface area contributed by atoms with Crippen LogP contribution in [0.2, 0.25) is 0 Å². The lowest BCUT2D eigenvalue weighted by atomic mass is 9.95. The minimum atomic E-state index is -0.365. The molecule has 2 fully saturated rings. The fraction of sp³-hybridized carbons (Fsp3) is 0.500. The summed E-state index contributed by atoms with van der Waals surface area (Å²) in [5.74, 6) is 0.195. The molecular formula is C16H19BrN2O2. The van der Waals surface area contributed by atoms with Gasteiger partial charge in [-0.05, 0) is 43.9 Å². The van der Waals surface area contributed by atoms with Crippen molar-refractivity contribution in [1.29, 1.82) is 0 Å². The number of piperidine rings is 1. The van der Waals surface area contributed by atoms with Crippen molar-refractivity contribution in [2.24, 2.45) is 0 Å². The SMILES string of the molecule is CC1C(=O)N2CCCCC2C(=O)N1Cc1ccc(Br)cc1. The van der Waals surface area contributed by atoms with E-state index in [1.165, 1.54) is 0 Å². The number of amides is 2. The van der Waals surface area contributed by atoms with Gasteiger partial charge in [0.1, 0.15) is 12.1 Å². The topological polar surface area (TPSA) is 40.6 Å². The number of carbonyl (C=O) groups is 2. The number of halogens is 1. The molecule has 2 atom stereocenters. The molecule has 112 valence electrons. The Labute approximate surface area is 133 Å². The maximum absolute atomic E-state index is 12.7. The van der Waals surface area contributed by atoms with Crippen molar-refractivity contribution in [3.63, 3.8) is 0 Å². The molecule has 2 amide bonds. The van der Waals surface area contributed by atoms with Crippen LogP contribution in [0.4, 0.5) is 0 Å². The first kappa shape index (κ1) is 14.6. The van der Waals surface area contributed by atoms with E-state index in [1.54, 1.807) is 9.80 Å². The third-order valence-corrected chi connectivity index (χ3v) is 4.97. The van der Waals surface area contributed by atoms with Crippen molar-refractivity contribution in [3.8, 4) is 0 Å². The van der Waals surface area contributed by atoms with Gasteiger partial charge in [-0.3, -0.25) is 9.59 Å². The van der Waals surface area contributed by atoms with Gasteiger partial charge >= 0.3 is 0 Å². The Morgan fingerprint density at radius 1 is 1.14 bits per heavy atom. The summed E-state index contributed by atoms with van der Waals surface area (Å²) in [5, 5.41) is 0. The summed E-state index contributed by atoms with van der Waals surface area (Å²) in [6.07, 6.45) is 2.84. The number of hydrogen-bond donors (Lipinski definition) is 0. The molecule has 0 N–H and O–H groups in total. The first-order chi connectivity index (χ1) is 10.1. The Morgan fingerprint density at radius 3 is 2.57 bits per heavy atom. The smallest absolute Gasteiger partial charge is 0.246 e. The van der Waals surface area contributed by atoms with Gasteiger partial charge in [0.25, 0.3) is 0 Å². The average molecular weight is 351 g/mol. The van der Waals surface area contributed by atoms with Gasteiger partial charge in [0, 0.05) is 17.6 Å².